The molecule has 7 heteroatoms. The van der Waals surface area contributed by atoms with E-state index in [1.807, 2.05) is 18.2 Å². The molecule has 0 atom stereocenters. The van der Waals surface area contributed by atoms with Crippen LogP contribution in [0.15, 0.2) is 59.4 Å². The van der Waals surface area contributed by atoms with Gasteiger partial charge in [-0.2, -0.15) is 5.10 Å². The van der Waals surface area contributed by atoms with Crippen LogP contribution >= 0.6 is 0 Å². The normalized spacial score (nSPS) is 10.5. The summed E-state index contributed by atoms with van der Waals surface area (Å²) in [6, 6.07) is 15.3. The summed E-state index contributed by atoms with van der Waals surface area (Å²) in [6.45, 7) is 3.42. The van der Waals surface area contributed by atoms with Crippen molar-refractivity contribution in [3.63, 3.8) is 0 Å². The zero-order valence-corrected chi connectivity index (χ0v) is 15.5. The lowest BCUT2D eigenvalue weighted by molar-refractivity contribution is 0.0697. The highest BCUT2D eigenvalue weighted by molar-refractivity contribution is 6.06. The summed E-state index contributed by atoms with van der Waals surface area (Å²) in [4.78, 5) is 36.9. The van der Waals surface area contributed by atoms with Crippen LogP contribution in [0.2, 0.25) is 0 Å². The predicted octanol–water partition coefficient (Wildman–Crippen LogP) is 3.57. The van der Waals surface area contributed by atoms with E-state index < -0.39 is 11.5 Å². The van der Waals surface area contributed by atoms with Crippen molar-refractivity contribution in [1.29, 1.82) is 0 Å². The number of aryl methyl sites for hydroxylation is 1. The fourth-order valence-electron chi connectivity index (χ4n) is 2.95. The van der Waals surface area contributed by atoms with Gasteiger partial charge < -0.3 is 10.4 Å². The number of carbonyl (C=O) groups excluding carboxylic acids is 1. The molecule has 0 bridgehead atoms. The summed E-state index contributed by atoms with van der Waals surface area (Å²) in [5.41, 5.74) is 0.917. The molecule has 1 aromatic heterocycles. The Morgan fingerprint density at radius 2 is 1.71 bits per heavy atom. The number of Topliss-reactive ketones (excluding diaryl/α,β-unsaturated/α-hetero) is 1. The second-order valence-electron chi connectivity index (χ2n) is 6.12. The maximum atomic E-state index is 12.9. The van der Waals surface area contributed by atoms with Crippen LogP contribution in [0.1, 0.15) is 34.6 Å². The molecule has 0 saturated carbocycles. The number of carboxylic acid groups (broad SMARTS) is 1. The number of carbonyl (C=O) groups is 2. The summed E-state index contributed by atoms with van der Waals surface area (Å²) in [7, 11) is 0. The number of rotatable bonds is 6. The van der Waals surface area contributed by atoms with Gasteiger partial charge in [-0.3, -0.25) is 9.59 Å². The molecule has 0 aliphatic heterocycles. The molecule has 0 spiro atoms. The number of hydrogen-bond donors (Lipinski definition) is 2. The number of hydrogen-bond acceptors (Lipinski definition) is 5. The molecule has 7 nitrogen and oxygen atoms in total. The van der Waals surface area contributed by atoms with Gasteiger partial charge in [0.2, 0.25) is 0 Å². The molecule has 3 rings (SSSR count). The highest BCUT2D eigenvalue weighted by Gasteiger charge is 2.23. The monoisotopic (exact) mass is 377 g/mol. The first-order valence-electron chi connectivity index (χ1n) is 8.74. The van der Waals surface area contributed by atoms with E-state index in [0.29, 0.717) is 17.8 Å². The number of carboxylic acids is 1. The molecule has 2 aromatic carbocycles. The van der Waals surface area contributed by atoms with Crippen LogP contribution in [0.5, 0.6) is 0 Å². The summed E-state index contributed by atoms with van der Waals surface area (Å²) in [6.07, 6.45) is 0. The number of para-hydroxylation sites is 1. The first kappa shape index (κ1) is 19.0. The van der Waals surface area contributed by atoms with Gasteiger partial charge in [-0.05, 0) is 26.0 Å². The van der Waals surface area contributed by atoms with Crippen LogP contribution in [0, 0.1) is 0 Å². The van der Waals surface area contributed by atoms with Gasteiger partial charge in [0.25, 0.3) is 5.56 Å². The first-order valence-corrected chi connectivity index (χ1v) is 8.74. The molecule has 3 aromatic rings. The Labute approximate surface area is 161 Å². The Morgan fingerprint density at radius 3 is 2.32 bits per heavy atom. The van der Waals surface area contributed by atoms with Gasteiger partial charge in [0.15, 0.2) is 5.78 Å². The lowest BCUT2D eigenvalue weighted by Gasteiger charge is -2.17. The van der Waals surface area contributed by atoms with Gasteiger partial charge in [0.05, 0.1) is 16.8 Å². The van der Waals surface area contributed by atoms with E-state index >= 15 is 0 Å². The molecule has 28 heavy (non-hydrogen) atoms. The van der Waals surface area contributed by atoms with Crippen molar-refractivity contribution < 1.29 is 14.7 Å². The summed E-state index contributed by atoms with van der Waals surface area (Å²) in [5, 5.41) is 16.7. The molecule has 1 heterocycles. The van der Waals surface area contributed by atoms with Crippen LogP contribution in [-0.4, -0.2) is 26.6 Å². The fourth-order valence-corrected chi connectivity index (χ4v) is 2.95. The zero-order valence-electron chi connectivity index (χ0n) is 15.5. The van der Waals surface area contributed by atoms with Crippen LogP contribution in [-0.2, 0) is 6.54 Å². The zero-order chi connectivity index (χ0) is 20.3. The fraction of sp³-hybridized carbons (Fsp3) is 0.143. The van der Waals surface area contributed by atoms with Gasteiger partial charge in [-0.15, -0.1) is 0 Å². The highest BCUT2D eigenvalue weighted by Crippen LogP contribution is 2.28. The predicted molar refractivity (Wildman–Crippen MR) is 106 cm³/mol. The van der Waals surface area contributed by atoms with Crippen LogP contribution in [0.4, 0.5) is 11.4 Å². The molecular formula is C21H19N3O4. The number of nitrogens with one attached hydrogen (secondary N) is 1. The van der Waals surface area contributed by atoms with Crippen molar-refractivity contribution in [1.82, 2.24) is 9.78 Å². The Bertz CT molecular complexity index is 1100. The number of aromatic carboxylic acids is 1. The smallest absolute Gasteiger partial charge is 0.337 e. The Hall–Kier alpha value is -3.74. The summed E-state index contributed by atoms with van der Waals surface area (Å²) in [5.74, 6) is -1.48. The Kier molecular flexibility index (Phi) is 5.35. The largest absolute Gasteiger partial charge is 0.478 e. The SMILES string of the molecule is CCn1nc(-c2ccccc2)c(C(C)=O)c(Nc2ccccc2C(=O)O)c1=O. The maximum absolute atomic E-state index is 12.9. The molecule has 0 amide bonds. The molecule has 0 aliphatic rings. The second kappa shape index (κ2) is 7.87. The van der Waals surface area contributed by atoms with E-state index in [-0.39, 0.29) is 28.3 Å². The molecular weight excluding hydrogens is 358 g/mol. The molecule has 0 saturated heterocycles. The van der Waals surface area contributed by atoms with Gasteiger partial charge >= 0.3 is 5.97 Å². The maximum Gasteiger partial charge on any atom is 0.337 e. The van der Waals surface area contributed by atoms with Crippen molar-refractivity contribution in [3.8, 4) is 11.3 Å². The van der Waals surface area contributed by atoms with E-state index in [1.165, 1.54) is 17.7 Å². The van der Waals surface area contributed by atoms with Crippen LogP contribution < -0.4 is 10.9 Å². The van der Waals surface area contributed by atoms with Gasteiger partial charge in [0, 0.05) is 12.1 Å². The Morgan fingerprint density at radius 1 is 1.07 bits per heavy atom. The number of benzene rings is 2. The third-order valence-electron chi connectivity index (χ3n) is 4.27. The average Bonchev–Trinajstić information content (AvgIpc) is 2.69. The topological polar surface area (TPSA) is 101 Å². The number of aromatic nitrogens is 2. The van der Waals surface area contributed by atoms with Crippen LogP contribution in [0.3, 0.4) is 0 Å². The third-order valence-corrected chi connectivity index (χ3v) is 4.27. The van der Waals surface area contributed by atoms with Crippen molar-refractivity contribution in [2.75, 3.05) is 5.32 Å². The van der Waals surface area contributed by atoms with Gasteiger partial charge in [-0.25, -0.2) is 9.48 Å². The minimum Gasteiger partial charge on any atom is -0.478 e. The van der Waals surface area contributed by atoms with E-state index in [4.69, 9.17) is 0 Å². The minimum absolute atomic E-state index is 0.00229. The van der Waals surface area contributed by atoms with E-state index in [9.17, 15) is 19.5 Å². The molecule has 142 valence electrons. The van der Waals surface area contributed by atoms with Crippen molar-refractivity contribution in [3.05, 3.63) is 76.1 Å². The van der Waals surface area contributed by atoms with Crippen LogP contribution in [0.25, 0.3) is 11.3 Å². The molecule has 0 unspecified atom stereocenters. The summed E-state index contributed by atoms with van der Waals surface area (Å²) < 4.78 is 1.25. The van der Waals surface area contributed by atoms with E-state index in [1.54, 1.807) is 37.3 Å². The van der Waals surface area contributed by atoms with Crippen molar-refractivity contribution in [2.45, 2.75) is 20.4 Å². The van der Waals surface area contributed by atoms with Crippen molar-refractivity contribution >= 4 is 23.1 Å². The number of anilines is 2. The molecule has 0 aliphatic carbocycles. The average molecular weight is 377 g/mol. The van der Waals surface area contributed by atoms with Gasteiger partial charge in [0.1, 0.15) is 11.4 Å². The minimum atomic E-state index is -1.14. The van der Waals surface area contributed by atoms with E-state index in [2.05, 4.69) is 10.4 Å². The summed E-state index contributed by atoms with van der Waals surface area (Å²) >= 11 is 0. The van der Waals surface area contributed by atoms with Gasteiger partial charge in [-0.1, -0.05) is 42.5 Å². The standard InChI is InChI=1S/C21H19N3O4/c1-3-24-20(26)19(22-16-12-8-7-11-15(16)21(27)28)17(13(2)25)18(23-24)14-9-5-4-6-10-14/h4-12,22H,3H2,1-2H3,(H,27,28). The van der Waals surface area contributed by atoms with E-state index in [0.717, 1.165) is 0 Å². The third kappa shape index (κ3) is 3.55. The molecule has 0 fully saturated rings. The Balaban J connectivity index is 2.30. The lowest BCUT2D eigenvalue weighted by atomic mass is 10.0. The number of ketones is 1. The quantitative estimate of drug-likeness (QED) is 0.637. The van der Waals surface area contributed by atoms with Crippen molar-refractivity contribution in [2.24, 2.45) is 0 Å². The number of nitrogens with zero attached hydrogens (tertiary/aromatic N) is 2. The second-order valence-corrected chi connectivity index (χ2v) is 6.12. The molecule has 0 radical (unpaired) electrons. The first-order chi connectivity index (χ1) is 13.4. The highest BCUT2D eigenvalue weighted by atomic mass is 16.4. The molecule has 2 N–H and O–H groups in total. The lowest BCUT2D eigenvalue weighted by Crippen LogP contribution is -2.28.